The number of benzene rings is 2. The van der Waals surface area contributed by atoms with Crippen LogP contribution in [-0.2, 0) is 16.1 Å². The Kier molecular flexibility index (Phi) is 7.77. The topological polar surface area (TPSA) is 47.6 Å². The number of halogens is 2. The highest BCUT2D eigenvalue weighted by Crippen LogP contribution is 2.39. The van der Waals surface area contributed by atoms with Gasteiger partial charge in [-0.05, 0) is 63.0 Å². The van der Waals surface area contributed by atoms with E-state index in [1.807, 2.05) is 42.5 Å². The molecule has 2 aromatic carbocycles. The van der Waals surface area contributed by atoms with E-state index in [0.717, 1.165) is 45.0 Å². The summed E-state index contributed by atoms with van der Waals surface area (Å²) in [5, 5.41) is 3.14. The number of hydrogen-bond acceptors (Lipinski definition) is 3. The van der Waals surface area contributed by atoms with E-state index in [9.17, 15) is 4.79 Å². The zero-order valence-corrected chi connectivity index (χ0v) is 19.7. The van der Waals surface area contributed by atoms with Crippen LogP contribution in [0, 0.1) is 8.99 Å². The van der Waals surface area contributed by atoms with Crippen molar-refractivity contribution in [1.29, 1.82) is 0 Å². The van der Waals surface area contributed by atoms with Crippen LogP contribution >= 0.6 is 38.5 Å². The molecule has 1 fully saturated rings. The molecule has 0 radical (unpaired) electrons. The number of anilines is 1. The lowest BCUT2D eigenvalue weighted by atomic mass is 9.74. The second-order valence-corrected chi connectivity index (χ2v) is 9.26. The lowest BCUT2D eigenvalue weighted by Crippen LogP contribution is -2.42. The Bertz CT molecular complexity index is 807. The molecule has 3 rings (SSSR count). The molecule has 0 atom stereocenters. The molecule has 0 spiro atoms. The standard InChI is InChI=1S/C22H25BrINO3/c1-27-20-13-19(18(24)12-17(20)23)25-21(26)22(10-6-3-7-11-22)15-28-14-16-8-4-2-5-9-16/h2,4-5,8-9,12-13H,3,6-7,10-11,14-15H2,1H3,(H,25,26). The fourth-order valence-corrected chi connectivity index (χ4v) is 5.18. The fraction of sp³-hybridized carbons (Fsp3) is 0.409. The SMILES string of the molecule is COc1cc(NC(=O)C2(COCc3ccccc3)CCCCC2)c(I)cc1Br. The summed E-state index contributed by atoms with van der Waals surface area (Å²) in [6.45, 7) is 0.970. The summed E-state index contributed by atoms with van der Waals surface area (Å²) < 4.78 is 13.2. The molecule has 4 nitrogen and oxygen atoms in total. The smallest absolute Gasteiger partial charge is 0.232 e. The van der Waals surface area contributed by atoms with E-state index in [4.69, 9.17) is 9.47 Å². The molecule has 1 N–H and O–H groups in total. The molecule has 1 saturated carbocycles. The first kappa shape index (κ1) is 21.6. The van der Waals surface area contributed by atoms with Crippen LogP contribution in [0.25, 0.3) is 0 Å². The average Bonchev–Trinajstić information content (AvgIpc) is 2.71. The van der Waals surface area contributed by atoms with Gasteiger partial charge in [-0.3, -0.25) is 4.79 Å². The second-order valence-electron chi connectivity index (χ2n) is 7.24. The zero-order valence-electron chi connectivity index (χ0n) is 16.0. The summed E-state index contributed by atoms with van der Waals surface area (Å²) in [6.07, 6.45) is 5.01. The van der Waals surface area contributed by atoms with Crippen LogP contribution in [0.15, 0.2) is 46.9 Å². The van der Waals surface area contributed by atoms with Gasteiger partial charge in [-0.1, -0.05) is 49.6 Å². The molecule has 28 heavy (non-hydrogen) atoms. The van der Waals surface area contributed by atoms with Crippen LogP contribution in [-0.4, -0.2) is 19.6 Å². The largest absolute Gasteiger partial charge is 0.495 e. The van der Waals surface area contributed by atoms with E-state index < -0.39 is 5.41 Å². The number of carbonyl (C=O) groups excluding carboxylic acids is 1. The molecule has 150 valence electrons. The van der Waals surface area contributed by atoms with E-state index in [0.29, 0.717) is 19.0 Å². The van der Waals surface area contributed by atoms with Crippen LogP contribution in [0.1, 0.15) is 37.7 Å². The number of carbonyl (C=O) groups is 1. The molecule has 0 aromatic heterocycles. The third-order valence-electron chi connectivity index (χ3n) is 5.27. The maximum absolute atomic E-state index is 13.3. The minimum absolute atomic E-state index is 0.0440. The molecule has 2 aromatic rings. The van der Waals surface area contributed by atoms with E-state index in [1.165, 1.54) is 6.42 Å². The van der Waals surface area contributed by atoms with E-state index in [-0.39, 0.29) is 5.91 Å². The van der Waals surface area contributed by atoms with Crippen molar-refractivity contribution in [3.05, 3.63) is 56.1 Å². The first-order valence-corrected chi connectivity index (χ1v) is 11.4. The maximum atomic E-state index is 13.3. The first-order chi connectivity index (χ1) is 13.5. The Morgan fingerprint density at radius 2 is 1.89 bits per heavy atom. The van der Waals surface area contributed by atoms with Gasteiger partial charge in [-0.25, -0.2) is 0 Å². The molecule has 1 aliphatic carbocycles. The molecule has 0 saturated heterocycles. The van der Waals surface area contributed by atoms with Gasteiger partial charge in [0.25, 0.3) is 0 Å². The van der Waals surface area contributed by atoms with Crippen LogP contribution in [0.5, 0.6) is 5.75 Å². The van der Waals surface area contributed by atoms with Gasteiger partial charge in [0.05, 0.1) is 35.9 Å². The normalized spacial score (nSPS) is 15.8. The van der Waals surface area contributed by atoms with Crippen LogP contribution in [0.2, 0.25) is 0 Å². The lowest BCUT2D eigenvalue weighted by Gasteiger charge is -2.35. The predicted octanol–water partition coefficient (Wildman–Crippen LogP) is 6.17. The fourth-order valence-electron chi connectivity index (χ4n) is 3.64. The van der Waals surface area contributed by atoms with E-state index in [2.05, 4.69) is 43.8 Å². The highest BCUT2D eigenvalue weighted by Gasteiger charge is 2.40. The van der Waals surface area contributed by atoms with Crippen molar-refractivity contribution in [1.82, 2.24) is 0 Å². The summed E-state index contributed by atoms with van der Waals surface area (Å²) in [4.78, 5) is 13.3. The van der Waals surface area contributed by atoms with Gasteiger partial charge in [0, 0.05) is 9.64 Å². The summed E-state index contributed by atoms with van der Waals surface area (Å²) >= 11 is 5.72. The predicted molar refractivity (Wildman–Crippen MR) is 124 cm³/mol. The van der Waals surface area contributed by atoms with Gasteiger partial charge in [0.1, 0.15) is 5.75 Å². The maximum Gasteiger partial charge on any atom is 0.232 e. The minimum atomic E-state index is -0.476. The summed E-state index contributed by atoms with van der Waals surface area (Å²) in [6, 6.07) is 13.9. The van der Waals surface area contributed by atoms with E-state index >= 15 is 0 Å². The van der Waals surface area contributed by atoms with Gasteiger partial charge in [-0.15, -0.1) is 0 Å². The van der Waals surface area contributed by atoms with Crippen molar-refractivity contribution < 1.29 is 14.3 Å². The average molecular weight is 558 g/mol. The minimum Gasteiger partial charge on any atom is -0.495 e. The van der Waals surface area contributed by atoms with Crippen molar-refractivity contribution in [3.63, 3.8) is 0 Å². The lowest BCUT2D eigenvalue weighted by molar-refractivity contribution is -0.132. The number of amides is 1. The van der Waals surface area contributed by atoms with Gasteiger partial charge in [-0.2, -0.15) is 0 Å². The number of hydrogen-bond donors (Lipinski definition) is 1. The van der Waals surface area contributed by atoms with Gasteiger partial charge in [0.2, 0.25) is 5.91 Å². The Morgan fingerprint density at radius 3 is 2.57 bits per heavy atom. The quantitative estimate of drug-likeness (QED) is 0.414. The summed E-state index contributed by atoms with van der Waals surface area (Å²) in [7, 11) is 1.62. The third kappa shape index (κ3) is 5.27. The molecular formula is C22H25BrINO3. The highest BCUT2D eigenvalue weighted by molar-refractivity contribution is 14.1. The Balaban J connectivity index is 1.72. The van der Waals surface area contributed by atoms with Gasteiger partial charge >= 0.3 is 0 Å². The molecule has 1 amide bonds. The molecule has 0 aliphatic heterocycles. The Hall–Kier alpha value is -1.12. The van der Waals surface area contributed by atoms with E-state index in [1.54, 1.807) is 7.11 Å². The van der Waals surface area contributed by atoms with Crippen LogP contribution in [0.3, 0.4) is 0 Å². The molecule has 0 bridgehead atoms. The van der Waals surface area contributed by atoms with Crippen LogP contribution < -0.4 is 10.1 Å². The molecular weight excluding hydrogens is 533 g/mol. The van der Waals surface area contributed by atoms with Gasteiger partial charge in [0.15, 0.2) is 0 Å². The van der Waals surface area contributed by atoms with Crippen molar-refractivity contribution >= 4 is 50.1 Å². The Labute approximate surface area is 188 Å². The second kappa shape index (κ2) is 10.1. The number of nitrogens with one attached hydrogen (secondary N) is 1. The Morgan fingerprint density at radius 1 is 1.18 bits per heavy atom. The third-order valence-corrected chi connectivity index (χ3v) is 6.78. The summed E-state index contributed by atoms with van der Waals surface area (Å²) in [5.41, 5.74) is 1.43. The van der Waals surface area contributed by atoms with Crippen molar-refractivity contribution in [3.8, 4) is 5.75 Å². The monoisotopic (exact) mass is 557 g/mol. The summed E-state index contributed by atoms with van der Waals surface area (Å²) in [5.74, 6) is 0.747. The van der Waals surface area contributed by atoms with Crippen molar-refractivity contribution in [2.75, 3.05) is 19.0 Å². The number of rotatable bonds is 7. The van der Waals surface area contributed by atoms with Crippen molar-refractivity contribution in [2.24, 2.45) is 5.41 Å². The van der Waals surface area contributed by atoms with Crippen molar-refractivity contribution in [2.45, 2.75) is 38.7 Å². The zero-order chi connectivity index (χ0) is 20.0. The molecule has 0 unspecified atom stereocenters. The number of methoxy groups -OCH3 is 1. The van der Waals surface area contributed by atoms with Gasteiger partial charge < -0.3 is 14.8 Å². The highest BCUT2D eigenvalue weighted by atomic mass is 127. The first-order valence-electron chi connectivity index (χ1n) is 9.50. The van der Waals surface area contributed by atoms with Crippen LogP contribution in [0.4, 0.5) is 5.69 Å². The molecule has 6 heteroatoms. The number of ether oxygens (including phenoxy) is 2. The molecule has 1 aliphatic rings. The molecule has 0 heterocycles.